The lowest BCUT2D eigenvalue weighted by Gasteiger charge is -2.38. The van der Waals surface area contributed by atoms with Gasteiger partial charge in [0.15, 0.2) is 11.5 Å². The van der Waals surface area contributed by atoms with Crippen molar-refractivity contribution in [1.29, 1.82) is 0 Å². The smallest absolute Gasteiger partial charge is 0.162 e. The maximum atomic E-state index is 10.3. The summed E-state index contributed by atoms with van der Waals surface area (Å²) in [6.45, 7) is 8.01. The number of benzene rings is 1. The van der Waals surface area contributed by atoms with Gasteiger partial charge in [-0.3, -0.25) is 4.90 Å². The molecule has 0 aliphatic heterocycles. The zero-order chi connectivity index (χ0) is 15.5. The molecule has 1 aromatic carbocycles. The van der Waals surface area contributed by atoms with Gasteiger partial charge in [0.2, 0.25) is 0 Å². The standard InChI is InChI=1S/C18H29NO2/c1-5-21-16-8-6-7-14(17(16)20)13-19(4)15-9-11-18(2,3)12-10-15/h6-8,15,20H,5,9-13H2,1-4H3. The van der Waals surface area contributed by atoms with E-state index in [1.807, 2.05) is 25.1 Å². The second-order valence-corrected chi connectivity index (χ2v) is 7.01. The van der Waals surface area contributed by atoms with Gasteiger partial charge in [-0.1, -0.05) is 26.0 Å². The van der Waals surface area contributed by atoms with Crippen LogP contribution in [0, 0.1) is 5.41 Å². The normalized spacial score (nSPS) is 18.9. The van der Waals surface area contributed by atoms with Gasteiger partial charge in [-0.25, -0.2) is 0 Å². The summed E-state index contributed by atoms with van der Waals surface area (Å²) in [5.74, 6) is 0.885. The van der Waals surface area contributed by atoms with Crippen molar-refractivity contribution in [3.8, 4) is 11.5 Å². The Morgan fingerprint density at radius 2 is 1.95 bits per heavy atom. The van der Waals surface area contributed by atoms with Crippen LogP contribution in [0.15, 0.2) is 18.2 Å². The molecule has 0 bridgehead atoms. The van der Waals surface area contributed by atoms with Crippen molar-refractivity contribution >= 4 is 0 Å². The van der Waals surface area contributed by atoms with Gasteiger partial charge >= 0.3 is 0 Å². The number of ether oxygens (including phenoxy) is 1. The molecule has 21 heavy (non-hydrogen) atoms. The van der Waals surface area contributed by atoms with E-state index < -0.39 is 0 Å². The Morgan fingerprint density at radius 1 is 1.29 bits per heavy atom. The molecule has 0 atom stereocenters. The van der Waals surface area contributed by atoms with Crippen LogP contribution in [-0.4, -0.2) is 29.7 Å². The Hall–Kier alpha value is -1.22. The largest absolute Gasteiger partial charge is 0.504 e. The molecule has 1 N–H and O–H groups in total. The van der Waals surface area contributed by atoms with Crippen LogP contribution in [0.4, 0.5) is 0 Å². The highest BCUT2D eigenvalue weighted by atomic mass is 16.5. The Kier molecular flexibility index (Phi) is 5.15. The molecule has 0 spiro atoms. The molecule has 0 aromatic heterocycles. The van der Waals surface area contributed by atoms with Crippen molar-refractivity contribution in [2.45, 2.75) is 59.0 Å². The van der Waals surface area contributed by atoms with Crippen LogP contribution in [0.25, 0.3) is 0 Å². The lowest BCUT2D eigenvalue weighted by molar-refractivity contribution is 0.122. The van der Waals surface area contributed by atoms with Crippen LogP contribution in [0.5, 0.6) is 11.5 Å². The van der Waals surface area contributed by atoms with Crippen molar-refractivity contribution in [2.75, 3.05) is 13.7 Å². The zero-order valence-corrected chi connectivity index (χ0v) is 13.9. The van der Waals surface area contributed by atoms with E-state index in [2.05, 4.69) is 25.8 Å². The Labute approximate surface area is 128 Å². The molecule has 0 heterocycles. The minimum atomic E-state index is 0.294. The summed E-state index contributed by atoms with van der Waals surface area (Å²) in [4.78, 5) is 2.38. The summed E-state index contributed by atoms with van der Waals surface area (Å²) >= 11 is 0. The minimum absolute atomic E-state index is 0.294. The quantitative estimate of drug-likeness (QED) is 0.883. The summed E-state index contributed by atoms with van der Waals surface area (Å²) in [7, 11) is 2.16. The molecule has 1 aliphatic rings. The zero-order valence-electron chi connectivity index (χ0n) is 13.9. The summed E-state index contributed by atoms with van der Waals surface area (Å²) in [5, 5.41) is 10.3. The number of hydrogen-bond acceptors (Lipinski definition) is 3. The van der Waals surface area contributed by atoms with E-state index in [1.54, 1.807) is 0 Å². The maximum Gasteiger partial charge on any atom is 0.162 e. The second kappa shape index (κ2) is 6.69. The summed E-state index contributed by atoms with van der Waals surface area (Å²) in [5.41, 5.74) is 1.45. The van der Waals surface area contributed by atoms with Crippen molar-refractivity contribution in [2.24, 2.45) is 5.41 Å². The maximum absolute atomic E-state index is 10.3. The third-order valence-electron chi connectivity index (χ3n) is 4.73. The van der Waals surface area contributed by atoms with Gasteiger partial charge in [0, 0.05) is 18.2 Å². The number of hydrogen-bond donors (Lipinski definition) is 1. The molecule has 1 saturated carbocycles. The van der Waals surface area contributed by atoms with Gasteiger partial charge in [0.25, 0.3) is 0 Å². The van der Waals surface area contributed by atoms with Crippen molar-refractivity contribution in [1.82, 2.24) is 4.90 Å². The van der Waals surface area contributed by atoms with Gasteiger partial charge in [-0.2, -0.15) is 0 Å². The molecule has 0 radical (unpaired) electrons. The Bertz CT molecular complexity index is 460. The van der Waals surface area contributed by atoms with Gasteiger partial charge in [0.05, 0.1) is 6.61 Å². The average molecular weight is 291 g/mol. The van der Waals surface area contributed by atoms with E-state index in [-0.39, 0.29) is 0 Å². The lowest BCUT2D eigenvalue weighted by atomic mass is 9.75. The van der Waals surface area contributed by atoms with Crippen LogP contribution in [0.1, 0.15) is 52.0 Å². The molecular weight excluding hydrogens is 262 g/mol. The van der Waals surface area contributed by atoms with E-state index in [0.717, 1.165) is 12.1 Å². The Balaban J connectivity index is 2.00. The number of nitrogens with zero attached hydrogens (tertiary/aromatic N) is 1. The predicted octanol–water partition coefficient (Wildman–Crippen LogP) is 4.19. The third kappa shape index (κ3) is 4.13. The molecule has 118 valence electrons. The second-order valence-electron chi connectivity index (χ2n) is 7.01. The molecule has 0 unspecified atom stereocenters. The fraction of sp³-hybridized carbons (Fsp3) is 0.667. The minimum Gasteiger partial charge on any atom is -0.504 e. The molecule has 0 amide bonds. The van der Waals surface area contributed by atoms with E-state index >= 15 is 0 Å². The predicted molar refractivity (Wildman–Crippen MR) is 86.8 cm³/mol. The molecule has 1 aliphatic carbocycles. The highest BCUT2D eigenvalue weighted by Gasteiger charge is 2.29. The molecule has 0 saturated heterocycles. The lowest BCUT2D eigenvalue weighted by Crippen LogP contribution is -2.36. The van der Waals surface area contributed by atoms with Crippen LogP contribution >= 0.6 is 0 Å². The highest BCUT2D eigenvalue weighted by Crippen LogP contribution is 2.37. The van der Waals surface area contributed by atoms with Gasteiger partial charge in [-0.15, -0.1) is 0 Å². The fourth-order valence-corrected chi connectivity index (χ4v) is 3.19. The third-order valence-corrected chi connectivity index (χ3v) is 4.73. The SMILES string of the molecule is CCOc1cccc(CN(C)C2CCC(C)(C)CC2)c1O. The monoisotopic (exact) mass is 291 g/mol. The molecule has 1 fully saturated rings. The molecular formula is C18H29NO2. The summed E-state index contributed by atoms with van der Waals surface area (Å²) < 4.78 is 5.46. The molecule has 2 rings (SSSR count). The van der Waals surface area contributed by atoms with E-state index in [1.165, 1.54) is 25.7 Å². The van der Waals surface area contributed by atoms with Crippen LogP contribution in [0.2, 0.25) is 0 Å². The average Bonchev–Trinajstić information content (AvgIpc) is 2.43. The number of aromatic hydroxyl groups is 1. The molecule has 1 aromatic rings. The first-order valence-corrected chi connectivity index (χ1v) is 8.07. The first-order valence-electron chi connectivity index (χ1n) is 8.07. The molecule has 3 heteroatoms. The fourth-order valence-electron chi connectivity index (χ4n) is 3.19. The van der Waals surface area contributed by atoms with E-state index in [0.29, 0.717) is 29.6 Å². The first-order chi connectivity index (χ1) is 9.93. The molecule has 3 nitrogen and oxygen atoms in total. The van der Waals surface area contributed by atoms with Crippen LogP contribution in [-0.2, 0) is 6.54 Å². The van der Waals surface area contributed by atoms with Crippen molar-refractivity contribution < 1.29 is 9.84 Å². The number of para-hydroxylation sites is 1. The van der Waals surface area contributed by atoms with Gasteiger partial charge in [-0.05, 0) is 51.1 Å². The number of rotatable bonds is 5. The van der Waals surface area contributed by atoms with Crippen LogP contribution in [0.3, 0.4) is 0 Å². The topological polar surface area (TPSA) is 32.7 Å². The van der Waals surface area contributed by atoms with Crippen molar-refractivity contribution in [3.63, 3.8) is 0 Å². The number of phenols is 1. The van der Waals surface area contributed by atoms with Crippen LogP contribution < -0.4 is 4.74 Å². The summed E-state index contributed by atoms with van der Waals surface area (Å²) in [6, 6.07) is 6.39. The van der Waals surface area contributed by atoms with E-state index in [9.17, 15) is 5.11 Å². The highest BCUT2D eigenvalue weighted by molar-refractivity contribution is 5.45. The van der Waals surface area contributed by atoms with Gasteiger partial charge in [0.1, 0.15) is 0 Å². The first kappa shape index (κ1) is 16.2. The number of phenolic OH excluding ortho intramolecular Hbond substituents is 1. The van der Waals surface area contributed by atoms with Gasteiger partial charge < -0.3 is 9.84 Å². The summed E-state index contributed by atoms with van der Waals surface area (Å²) in [6.07, 6.45) is 5.06. The van der Waals surface area contributed by atoms with E-state index in [4.69, 9.17) is 4.74 Å². The Morgan fingerprint density at radius 3 is 2.57 bits per heavy atom. The van der Waals surface area contributed by atoms with Crippen molar-refractivity contribution in [3.05, 3.63) is 23.8 Å².